The van der Waals surface area contributed by atoms with Crippen molar-refractivity contribution < 1.29 is 0 Å². The lowest BCUT2D eigenvalue weighted by Gasteiger charge is -2.12. The fourth-order valence-electron chi connectivity index (χ4n) is 1.69. The summed E-state index contributed by atoms with van der Waals surface area (Å²) in [6.07, 6.45) is 1.83. The van der Waals surface area contributed by atoms with E-state index >= 15 is 0 Å². The topological polar surface area (TPSA) is 26.0 Å². The zero-order valence-electron chi connectivity index (χ0n) is 9.14. The van der Waals surface area contributed by atoms with Crippen LogP contribution in [0.1, 0.15) is 22.7 Å². The van der Waals surface area contributed by atoms with Gasteiger partial charge in [-0.1, -0.05) is 67.3 Å². The predicted octanol–water partition coefficient (Wildman–Crippen LogP) is 3.38. The van der Waals surface area contributed by atoms with Crippen LogP contribution in [0, 0.1) is 0 Å². The number of hydrogen-bond acceptors (Lipinski definition) is 1. The minimum Gasteiger partial charge on any atom is -0.320 e. The van der Waals surface area contributed by atoms with Gasteiger partial charge in [0.05, 0.1) is 6.04 Å². The minimum atomic E-state index is -0.0555. The van der Waals surface area contributed by atoms with Crippen LogP contribution in [-0.2, 0) is 0 Å². The van der Waals surface area contributed by atoms with E-state index in [0.29, 0.717) is 0 Å². The average Bonchev–Trinajstić information content (AvgIpc) is 2.39. The maximum Gasteiger partial charge on any atom is 0.0551 e. The van der Waals surface area contributed by atoms with E-state index in [2.05, 4.69) is 18.7 Å². The first-order valence-electron chi connectivity index (χ1n) is 5.34. The van der Waals surface area contributed by atoms with Crippen LogP contribution in [0.25, 0.3) is 6.08 Å². The summed E-state index contributed by atoms with van der Waals surface area (Å²) < 4.78 is 0. The van der Waals surface area contributed by atoms with Gasteiger partial charge < -0.3 is 5.73 Å². The molecule has 1 heteroatoms. The molecule has 2 rings (SSSR count). The molecule has 0 aliphatic heterocycles. The van der Waals surface area contributed by atoms with Gasteiger partial charge in [0.25, 0.3) is 0 Å². The molecule has 0 amide bonds. The fourth-order valence-corrected chi connectivity index (χ4v) is 1.69. The van der Waals surface area contributed by atoms with Crippen LogP contribution in [0.3, 0.4) is 0 Å². The van der Waals surface area contributed by atoms with E-state index in [4.69, 9.17) is 5.73 Å². The highest BCUT2D eigenvalue weighted by Crippen LogP contribution is 2.19. The number of nitrogens with two attached hydrogens (primary N) is 1. The average molecular weight is 209 g/mol. The summed E-state index contributed by atoms with van der Waals surface area (Å²) in [5, 5.41) is 0. The molecule has 0 aromatic heterocycles. The zero-order valence-corrected chi connectivity index (χ0v) is 9.14. The van der Waals surface area contributed by atoms with Gasteiger partial charge in [-0.25, -0.2) is 0 Å². The number of rotatable bonds is 3. The quantitative estimate of drug-likeness (QED) is 0.824. The van der Waals surface area contributed by atoms with Crippen molar-refractivity contribution in [3.8, 4) is 0 Å². The summed E-state index contributed by atoms with van der Waals surface area (Å²) >= 11 is 0. The van der Waals surface area contributed by atoms with E-state index in [-0.39, 0.29) is 6.04 Å². The second kappa shape index (κ2) is 4.77. The summed E-state index contributed by atoms with van der Waals surface area (Å²) in [6.45, 7) is 3.73. The largest absolute Gasteiger partial charge is 0.320 e. The first-order chi connectivity index (χ1) is 7.81. The van der Waals surface area contributed by atoms with Crippen LogP contribution in [0.2, 0.25) is 0 Å². The summed E-state index contributed by atoms with van der Waals surface area (Å²) in [7, 11) is 0. The van der Waals surface area contributed by atoms with Gasteiger partial charge in [0.1, 0.15) is 0 Å². The molecule has 80 valence electrons. The van der Waals surface area contributed by atoms with Gasteiger partial charge >= 0.3 is 0 Å². The first-order valence-corrected chi connectivity index (χ1v) is 5.34. The Balaban J connectivity index is 2.27. The molecule has 2 N–H and O–H groups in total. The normalized spacial score (nSPS) is 12.1. The summed E-state index contributed by atoms with van der Waals surface area (Å²) in [4.78, 5) is 0. The molecular weight excluding hydrogens is 194 g/mol. The van der Waals surface area contributed by atoms with Crippen molar-refractivity contribution in [3.63, 3.8) is 0 Å². The summed E-state index contributed by atoms with van der Waals surface area (Å²) in [6, 6.07) is 18.2. The Bertz CT molecular complexity index is 457. The molecule has 0 bridgehead atoms. The van der Waals surface area contributed by atoms with Gasteiger partial charge in [0, 0.05) is 0 Å². The standard InChI is InChI=1S/C15H15N/c1-2-12-8-10-14(11-9-12)15(16)13-6-4-3-5-7-13/h2-11,15H,1,16H2. The van der Waals surface area contributed by atoms with E-state index in [9.17, 15) is 0 Å². The van der Waals surface area contributed by atoms with Crippen molar-refractivity contribution in [2.75, 3.05) is 0 Å². The number of benzene rings is 2. The Labute approximate surface area is 96.2 Å². The van der Waals surface area contributed by atoms with E-state index in [1.165, 1.54) is 0 Å². The minimum absolute atomic E-state index is 0.0555. The zero-order chi connectivity index (χ0) is 11.4. The van der Waals surface area contributed by atoms with Crippen molar-refractivity contribution in [3.05, 3.63) is 77.9 Å². The van der Waals surface area contributed by atoms with Crippen LogP contribution in [0.5, 0.6) is 0 Å². The Morgan fingerprint density at radius 1 is 0.875 bits per heavy atom. The third kappa shape index (κ3) is 2.20. The molecule has 1 unspecified atom stereocenters. The van der Waals surface area contributed by atoms with Crippen LogP contribution in [0.15, 0.2) is 61.2 Å². The molecule has 0 aliphatic carbocycles. The lowest BCUT2D eigenvalue weighted by molar-refractivity contribution is 0.871. The predicted molar refractivity (Wildman–Crippen MR) is 69.0 cm³/mol. The van der Waals surface area contributed by atoms with Crippen molar-refractivity contribution in [2.24, 2.45) is 5.73 Å². The van der Waals surface area contributed by atoms with Crippen molar-refractivity contribution in [1.82, 2.24) is 0 Å². The highest BCUT2D eigenvalue weighted by atomic mass is 14.6. The molecule has 2 aromatic rings. The molecule has 1 atom stereocenters. The maximum absolute atomic E-state index is 6.18. The maximum atomic E-state index is 6.18. The molecule has 0 heterocycles. The van der Waals surface area contributed by atoms with Gasteiger partial charge in [0.2, 0.25) is 0 Å². The van der Waals surface area contributed by atoms with Gasteiger partial charge in [-0.05, 0) is 16.7 Å². The highest BCUT2D eigenvalue weighted by molar-refractivity contribution is 5.48. The van der Waals surface area contributed by atoms with Gasteiger partial charge in [-0.2, -0.15) is 0 Å². The van der Waals surface area contributed by atoms with Crippen molar-refractivity contribution in [1.29, 1.82) is 0 Å². The molecule has 0 fully saturated rings. The molecule has 0 spiro atoms. The van der Waals surface area contributed by atoms with E-state index in [1.54, 1.807) is 0 Å². The van der Waals surface area contributed by atoms with Crippen molar-refractivity contribution >= 4 is 6.08 Å². The van der Waals surface area contributed by atoms with E-state index < -0.39 is 0 Å². The third-order valence-corrected chi connectivity index (χ3v) is 2.69. The van der Waals surface area contributed by atoms with Gasteiger partial charge in [0.15, 0.2) is 0 Å². The summed E-state index contributed by atoms with van der Waals surface area (Å²) in [5.41, 5.74) is 9.55. The van der Waals surface area contributed by atoms with Crippen LogP contribution in [0.4, 0.5) is 0 Å². The SMILES string of the molecule is C=Cc1ccc(C(N)c2ccccc2)cc1. The highest BCUT2D eigenvalue weighted by Gasteiger charge is 2.07. The molecule has 0 saturated heterocycles. The van der Waals surface area contributed by atoms with Crippen molar-refractivity contribution in [2.45, 2.75) is 6.04 Å². The molecule has 2 aromatic carbocycles. The molecule has 1 nitrogen and oxygen atoms in total. The smallest absolute Gasteiger partial charge is 0.0551 e. The third-order valence-electron chi connectivity index (χ3n) is 2.69. The lowest BCUT2D eigenvalue weighted by atomic mass is 9.99. The second-order valence-corrected chi connectivity index (χ2v) is 3.76. The van der Waals surface area contributed by atoms with E-state index in [0.717, 1.165) is 16.7 Å². The Morgan fingerprint density at radius 2 is 1.44 bits per heavy atom. The fraction of sp³-hybridized carbons (Fsp3) is 0.0667. The van der Waals surface area contributed by atoms with Gasteiger partial charge in [-0.15, -0.1) is 0 Å². The van der Waals surface area contributed by atoms with Crippen LogP contribution in [-0.4, -0.2) is 0 Å². The number of hydrogen-bond donors (Lipinski definition) is 1. The van der Waals surface area contributed by atoms with Crippen LogP contribution < -0.4 is 5.73 Å². The summed E-state index contributed by atoms with van der Waals surface area (Å²) in [5.74, 6) is 0. The van der Waals surface area contributed by atoms with Crippen LogP contribution >= 0.6 is 0 Å². The molecule has 0 saturated carbocycles. The Hall–Kier alpha value is -1.86. The van der Waals surface area contributed by atoms with Gasteiger partial charge in [-0.3, -0.25) is 0 Å². The molecule has 0 radical (unpaired) electrons. The molecule has 0 aliphatic rings. The Morgan fingerprint density at radius 3 is 2.00 bits per heavy atom. The second-order valence-electron chi connectivity index (χ2n) is 3.76. The lowest BCUT2D eigenvalue weighted by Crippen LogP contribution is -2.11. The monoisotopic (exact) mass is 209 g/mol. The Kier molecular flexibility index (Phi) is 3.18. The first kappa shape index (κ1) is 10.7. The molecular formula is C15H15N. The molecule has 16 heavy (non-hydrogen) atoms. The van der Waals surface area contributed by atoms with E-state index in [1.807, 2.05) is 48.5 Å².